The van der Waals surface area contributed by atoms with Crippen molar-refractivity contribution in [1.82, 2.24) is 0 Å². The summed E-state index contributed by atoms with van der Waals surface area (Å²) in [6, 6.07) is -2.40. The van der Waals surface area contributed by atoms with Crippen LogP contribution in [0.1, 0.15) is 0 Å². The van der Waals surface area contributed by atoms with Crippen molar-refractivity contribution in [2.24, 2.45) is 11.5 Å². The summed E-state index contributed by atoms with van der Waals surface area (Å²) in [5.74, 6) is -5.48. The Kier molecular flexibility index (Phi) is 14.6. The fourth-order valence-electron chi connectivity index (χ4n) is 0.957. The molecule has 0 aromatic rings. The molecule has 0 fully saturated rings. The van der Waals surface area contributed by atoms with Crippen LogP contribution in [-0.2, 0) is 19.2 Å². The van der Waals surface area contributed by atoms with Gasteiger partial charge in [0.25, 0.3) is 0 Å². The maximum absolute atomic E-state index is 11.3. The van der Waals surface area contributed by atoms with E-state index in [1.165, 1.54) is 0 Å². The van der Waals surface area contributed by atoms with E-state index in [0.717, 1.165) is 21.6 Å². The number of halogens is 1. The molecule has 0 aromatic heterocycles. The van der Waals surface area contributed by atoms with Crippen molar-refractivity contribution < 1.29 is 39.6 Å². The quantitative estimate of drug-likeness (QED) is 0.200. The Balaban J connectivity index is 0. The maximum atomic E-state index is 11.3. The second-order valence-electron chi connectivity index (χ2n) is 4.17. The van der Waals surface area contributed by atoms with Crippen molar-refractivity contribution in [3.63, 3.8) is 0 Å². The van der Waals surface area contributed by atoms with Crippen molar-refractivity contribution in [3.8, 4) is 0 Å². The molecule has 0 aliphatic rings. The van der Waals surface area contributed by atoms with Crippen LogP contribution < -0.4 is 11.5 Å². The van der Waals surface area contributed by atoms with Crippen LogP contribution in [0, 0.1) is 0 Å². The Morgan fingerprint density at radius 1 is 0.680 bits per heavy atom. The lowest BCUT2D eigenvalue weighted by molar-refractivity contribution is -0.142. The number of carboxylic acids is 4. The fourth-order valence-corrected chi connectivity index (χ4v) is 6.73. The van der Waals surface area contributed by atoms with Gasteiger partial charge in [-0.3, -0.25) is 19.2 Å². The van der Waals surface area contributed by atoms with Gasteiger partial charge in [0.15, 0.2) is 0 Å². The molecule has 0 aromatic carbocycles. The molecule has 0 saturated carbocycles. The highest BCUT2D eigenvalue weighted by molar-refractivity contribution is 8.79. The number of carbonyl (C=O) groups is 4. The third-order valence-corrected chi connectivity index (χ3v) is 7.91. The zero-order valence-corrected chi connectivity index (χ0v) is 16.4. The molecule has 8 N–H and O–H groups in total. The molecule has 0 amide bonds. The highest BCUT2D eigenvalue weighted by Gasteiger charge is 2.36. The molecule has 4 atom stereocenters. The number of carboxylic acid groups (broad SMARTS) is 4. The molecule has 146 valence electrons. The first-order valence-corrected chi connectivity index (χ1v) is 10.8. The topological polar surface area (TPSA) is 201 Å². The van der Waals surface area contributed by atoms with E-state index < -0.39 is 46.5 Å². The number of hydrogen-bond donors (Lipinski definition) is 6. The van der Waals surface area contributed by atoms with Crippen LogP contribution in [0.4, 0.5) is 0 Å². The molecule has 0 unspecified atom stereocenters. The lowest BCUT2D eigenvalue weighted by Gasteiger charge is -2.19. The van der Waals surface area contributed by atoms with Gasteiger partial charge in [-0.2, -0.15) is 0 Å². The Morgan fingerprint density at radius 2 is 0.960 bits per heavy atom. The molecular weight excluding hydrogens is 440 g/mol. The first kappa shape index (κ1) is 26.7. The summed E-state index contributed by atoms with van der Waals surface area (Å²) < 4.78 is 0. The normalized spacial score (nSPS) is 15.3. The molecule has 0 radical (unpaired) electrons. The first-order chi connectivity index (χ1) is 11.1. The molecule has 0 rings (SSSR count). The summed E-state index contributed by atoms with van der Waals surface area (Å²) in [5.41, 5.74) is 10.6. The monoisotopic (exact) mass is 456 g/mol. The van der Waals surface area contributed by atoms with Gasteiger partial charge in [0.05, 0.1) is 0 Å². The summed E-state index contributed by atoms with van der Waals surface area (Å²) in [5, 5.41) is 32.9. The smallest absolute Gasteiger partial charge is 0.321 e. The van der Waals surface area contributed by atoms with Crippen LogP contribution in [-0.4, -0.2) is 78.4 Å². The average Bonchev–Trinajstić information content (AvgIpc) is 2.47. The minimum Gasteiger partial charge on any atom is -0.480 e. The predicted octanol–water partition coefficient (Wildman–Crippen LogP) is -0.0988. The zero-order chi connectivity index (χ0) is 18.9. The molecule has 0 bridgehead atoms. The molecule has 0 aliphatic carbocycles. The molecule has 25 heavy (non-hydrogen) atoms. The van der Waals surface area contributed by atoms with E-state index in [9.17, 15) is 29.4 Å². The van der Waals surface area contributed by atoms with Gasteiger partial charge in [0.1, 0.15) is 22.6 Å². The minimum absolute atomic E-state index is 0. The Bertz CT molecular complexity index is 444. The largest absolute Gasteiger partial charge is 0.480 e. The molecular formula is C10H17ClN2O8S4. The van der Waals surface area contributed by atoms with E-state index >= 15 is 0 Å². The molecule has 15 heteroatoms. The lowest BCUT2D eigenvalue weighted by Crippen LogP contribution is -2.36. The summed E-state index contributed by atoms with van der Waals surface area (Å²) >= 11 is 0. The van der Waals surface area contributed by atoms with Gasteiger partial charge in [-0.15, -0.1) is 12.4 Å². The van der Waals surface area contributed by atoms with Crippen LogP contribution in [0.5, 0.6) is 0 Å². The van der Waals surface area contributed by atoms with Crippen molar-refractivity contribution in [1.29, 1.82) is 0 Å². The number of aliphatic carboxylic acids is 4. The highest BCUT2D eigenvalue weighted by atomic mass is 35.5. The standard InChI is InChI=1S/C10H16N2O8S4.ClH/c11-3(7(13)14)1-21-23-5(9(17)18)6(10(19)20)24-22-2-4(12)8(15)16;/h3-6H,1-2,11-12H2,(H,13,14)(H,15,16)(H,17,18)(H,19,20);1H/t3-,4-,5-,6+;/m0./s1. The third kappa shape index (κ3) is 10.9. The van der Waals surface area contributed by atoms with Gasteiger partial charge in [-0.05, 0) is 0 Å². The van der Waals surface area contributed by atoms with Crippen molar-refractivity contribution >= 4 is 79.5 Å². The third-order valence-electron chi connectivity index (χ3n) is 2.23. The van der Waals surface area contributed by atoms with Crippen LogP contribution in [0.3, 0.4) is 0 Å². The van der Waals surface area contributed by atoms with Crippen molar-refractivity contribution in [2.45, 2.75) is 22.6 Å². The number of nitrogens with two attached hydrogens (primary N) is 2. The zero-order valence-electron chi connectivity index (χ0n) is 12.3. The molecule has 0 heterocycles. The van der Waals surface area contributed by atoms with Gasteiger partial charge in [0.2, 0.25) is 0 Å². The fraction of sp³-hybridized carbons (Fsp3) is 0.600. The van der Waals surface area contributed by atoms with Gasteiger partial charge >= 0.3 is 23.9 Å². The Labute approximate surface area is 164 Å². The summed E-state index contributed by atoms with van der Waals surface area (Å²) in [6.45, 7) is 0. The van der Waals surface area contributed by atoms with Crippen molar-refractivity contribution in [3.05, 3.63) is 0 Å². The number of hydrogen-bond acceptors (Lipinski definition) is 10. The van der Waals surface area contributed by atoms with Crippen LogP contribution in [0.15, 0.2) is 0 Å². The first-order valence-electron chi connectivity index (χ1n) is 6.06. The molecule has 0 aliphatic heterocycles. The molecule has 0 spiro atoms. The van der Waals surface area contributed by atoms with Crippen LogP contribution in [0.25, 0.3) is 0 Å². The van der Waals surface area contributed by atoms with Gasteiger partial charge in [-0.25, -0.2) is 0 Å². The highest BCUT2D eigenvalue weighted by Crippen LogP contribution is 2.38. The second-order valence-corrected chi connectivity index (χ2v) is 9.28. The van der Waals surface area contributed by atoms with Gasteiger partial charge < -0.3 is 31.9 Å². The molecule has 10 nitrogen and oxygen atoms in total. The Hall–Kier alpha value is -0.510. The average molecular weight is 457 g/mol. The van der Waals surface area contributed by atoms with E-state index in [0.29, 0.717) is 21.6 Å². The maximum Gasteiger partial charge on any atom is 0.321 e. The van der Waals surface area contributed by atoms with Crippen LogP contribution >= 0.6 is 55.6 Å². The Morgan fingerprint density at radius 3 is 1.16 bits per heavy atom. The van der Waals surface area contributed by atoms with E-state index in [1.54, 1.807) is 0 Å². The lowest BCUT2D eigenvalue weighted by atomic mass is 10.3. The summed E-state index contributed by atoms with van der Waals surface area (Å²) in [4.78, 5) is 43.7. The van der Waals surface area contributed by atoms with Crippen LogP contribution in [0.2, 0.25) is 0 Å². The summed E-state index contributed by atoms with van der Waals surface area (Å²) in [7, 11) is 3.06. The van der Waals surface area contributed by atoms with Crippen molar-refractivity contribution in [2.75, 3.05) is 11.5 Å². The predicted molar refractivity (Wildman–Crippen MR) is 101 cm³/mol. The summed E-state index contributed by atoms with van der Waals surface area (Å²) in [6.07, 6.45) is 0. The van der Waals surface area contributed by atoms with E-state index in [4.69, 9.17) is 21.7 Å². The SMILES string of the molecule is Cl.N[C@@H](CSS[C@H](C(=O)O)[C@@H](SSC[C@H](N)C(=O)O)C(=O)O)C(=O)O. The van der Waals surface area contributed by atoms with E-state index in [-0.39, 0.29) is 23.9 Å². The van der Waals surface area contributed by atoms with Gasteiger partial charge in [-0.1, -0.05) is 43.2 Å². The van der Waals surface area contributed by atoms with Gasteiger partial charge in [0, 0.05) is 11.5 Å². The second kappa shape index (κ2) is 13.7. The molecule has 0 saturated heterocycles. The van der Waals surface area contributed by atoms with E-state index in [1.807, 2.05) is 0 Å². The van der Waals surface area contributed by atoms with E-state index in [2.05, 4.69) is 0 Å². The minimum atomic E-state index is -1.39. The number of rotatable bonds is 13.